The standard InChI is InChI=1S/C17H21N3O2/c1-11-9-15(20-13(3)18-11)17(22)19-12(2)16(21)10-14-7-5-4-6-8-14/h4-9,12,16,21H,10H2,1-3H3,(H,19,22)/t12-,16-/m0/s1. The first-order valence-electron chi connectivity index (χ1n) is 7.31. The summed E-state index contributed by atoms with van der Waals surface area (Å²) in [6.45, 7) is 5.35. The van der Waals surface area contributed by atoms with Crippen LogP contribution in [0.3, 0.4) is 0 Å². The molecule has 1 heterocycles. The lowest BCUT2D eigenvalue weighted by molar-refractivity contribution is 0.0846. The first-order chi connectivity index (χ1) is 10.5. The van der Waals surface area contributed by atoms with Gasteiger partial charge in [-0.2, -0.15) is 0 Å². The largest absolute Gasteiger partial charge is 0.391 e. The molecule has 1 aromatic heterocycles. The number of hydrogen-bond donors (Lipinski definition) is 2. The minimum absolute atomic E-state index is 0.298. The molecule has 5 nitrogen and oxygen atoms in total. The van der Waals surface area contributed by atoms with Gasteiger partial charge in [0.05, 0.1) is 12.1 Å². The zero-order valence-corrected chi connectivity index (χ0v) is 13.1. The number of aliphatic hydroxyl groups excluding tert-OH is 1. The van der Waals surface area contributed by atoms with Crippen molar-refractivity contribution in [3.8, 4) is 0 Å². The van der Waals surface area contributed by atoms with Crippen LogP contribution in [0.25, 0.3) is 0 Å². The first-order valence-corrected chi connectivity index (χ1v) is 7.31. The highest BCUT2D eigenvalue weighted by Gasteiger charge is 2.19. The van der Waals surface area contributed by atoms with Crippen LogP contribution in [0.1, 0.15) is 34.5 Å². The van der Waals surface area contributed by atoms with E-state index in [0.29, 0.717) is 17.9 Å². The van der Waals surface area contributed by atoms with Crippen LogP contribution in [0.5, 0.6) is 0 Å². The molecule has 0 spiro atoms. The van der Waals surface area contributed by atoms with Crippen molar-refractivity contribution in [2.45, 2.75) is 39.3 Å². The maximum absolute atomic E-state index is 12.2. The number of amides is 1. The first kappa shape index (κ1) is 16.1. The van der Waals surface area contributed by atoms with E-state index in [-0.39, 0.29) is 11.9 Å². The molecule has 0 fully saturated rings. The Hall–Kier alpha value is -2.27. The second-order valence-corrected chi connectivity index (χ2v) is 5.46. The Bertz CT molecular complexity index is 623. The number of aliphatic hydroxyl groups is 1. The molecule has 0 bridgehead atoms. The number of aryl methyl sites for hydroxylation is 2. The second kappa shape index (κ2) is 7.13. The summed E-state index contributed by atoms with van der Waals surface area (Å²) in [7, 11) is 0. The maximum Gasteiger partial charge on any atom is 0.270 e. The zero-order chi connectivity index (χ0) is 16.1. The van der Waals surface area contributed by atoms with Crippen molar-refractivity contribution >= 4 is 5.91 Å². The van der Waals surface area contributed by atoms with Crippen molar-refractivity contribution < 1.29 is 9.90 Å². The van der Waals surface area contributed by atoms with Gasteiger partial charge in [0.15, 0.2) is 0 Å². The van der Waals surface area contributed by atoms with E-state index in [1.807, 2.05) is 37.3 Å². The molecule has 0 saturated carbocycles. The van der Waals surface area contributed by atoms with Gasteiger partial charge in [0.1, 0.15) is 11.5 Å². The number of aromatic nitrogens is 2. The van der Waals surface area contributed by atoms with Gasteiger partial charge in [-0.1, -0.05) is 30.3 Å². The minimum Gasteiger partial charge on any atom is -0.391 e. The van der Waals surface area contributed by atoms with Gasteiger partial charge >= 0.3 is 0 Å². The second-order valence-electron chi connectivity index (χ2n) is 5.46. The highest BCUT2D eigenvalue weighted by Crippen LogP contribution is 2.07. The van der Waals surface area contributed by atoms with E-state index in [1.54, 1.807) is 19.9 Å². The molecule has 5 heteroatoms. The fourth-order valence-corrected chi connectivity index (χ4v) is 2.24. The molecule has 0 aliphatic rings. The molecule has 2 rings (SSSR count). The third-order valence-corrected chi connectivity index (χ3v) is 3.42. The molecule has 1 aromatic carbocycles. The molecule has 1 amide bonds. The number of carbonyl (C=O) groups excluding carboxylic acids is 1. The molecule has 0 unspecified atom stereocenters. The summed E-state index contributed by atoms with van der Waals surface area (Å²) in [5.74, 6) is 0.260. The van der Waals surface area contributed by atoms with Gasteiger partial charge in [-0.3, -0.25) is 4.79 Å². The van der Waals surface area contributed by atoms with E-state index in [2.05, 4.69) is 15.3 Å². The molecule has 22 heavy (non-hydrogen) atoms. The Kier molecular flexibility index (Phi) is 5.22. The van der Waals surface area contributed by atoms with Gasteiger partial charge in [0.2, 0.25) is 0 Å². The van der Waals surface area contributed by atoms with Crippen molar-refractivity contribution in [3.63, 3.8) is 0 Å². The topological polar surface area (TPSA) is 75.1 Å². The van der Waals surface area contributed by atoms with Crippen LogP contribution in [0.2, 0.25) is 0 Å². The monoisotopic (exact) mass is 299 g/mol. The minimum atomic E-state index is -0.657. The van der Waals surface area contributed by atoms with Gasteiger partial charge in [-0.15, -0.1) is 0 Å². The average molecular weight is 299 g/mol. The molecule has 0 radical (unpaired) electrons. The van der Waals surface area contributed by atoms with E-state index in [9.17, 15) is 9.90 Å². The molecule has 2 aromatic rings. The Morgan fingerprint density at radius 2 is 1.91 bits per heavy atom. The lowest BCUT2D eigenvalue weighted by Crippen LogP contribution is -2.42. The molecular formula is C17H21N3O2. The smallest absolute Gasteiger partial charge is 0.270 e. The maximum atomic E-state index is 12.2. The van der Waals surface area contributed by atoms with Crippen LogP contribution in [-0.4, -0.2) is 33.1 Å². The SMILES string of the molecule is Cc1cc(C(=O)N[C@@H](C)[C@@H](O)Cc2ccccc2)nc(C)n1. The van der Waals surface area contributed by atoms with Gasteiger partial charge in [0.25, 0.3) is 5.91 Å². The van der Waals surface area contributed by atoms with Gasteiger partial charge in [-0.05, 0) is 32.4 Å². The van der Waals surface area contributed by atoms with E-state index in [0.717, 1.165) is 11.3 Å². The molecule has 0 aliphatic heterocycles. The van der Waals surface area contributed by atoms with E-state index in [1.165, 1.54) is 0 Å². The fourth-order valence-electron chi connectivity index (χ4n) is 2.24. The van der Waals surface area contributed by atoms with Crippen LogP contribution >= 0.6 is 0 Å². The highest BCUT2D eigenvalue weighted by atomic mass is 16.3. The number of carbonyl (C=O) groups is 1. The third-order valence-electron chi connectivity index (χ3n) is 3.42. The van der Waals surface area contributed by atoms with Crippen molar-refractivity contribution in [2.24, 2.45) is 0 Å². The van der Waals surface area contributed by atoms with Crippen LogP contribution in [0, 0.1) is 13.8 Å². The Morgan fingerprint density at radius 3 is 2.55 bits per heavy atom. The Morgan fingerprint density at radius 1 is 1.23 bits per heavy atom. The highest BCUT2D eigenvalue weighted by molar-refractivity contribution is 5.92. The lowest BCUT2D eigenvalue weighted by Gasteiger charge is -2.20. The summed E-state index contributed by atoms with van der Waals surface area (Å²) in [6, 6.07) is 11.0. The van der Waals surface area contributed by atoms with Crippen LogP contribution < -0.4 is 5.32 Å². The summed E-state index contributed by atoms with van der Waals surface area (Å²) >= 11 is 0. The predicted molar refractivity (Wildman–Crippen MR) is 84.6 cm³/mol. The molecule has 0 saturated heterocycles. The molecule has 116 valence electrons. The molecule has 2 N–H and O–H groups in total. The number of nitrogens with zero attached hydrogens (tertiary/aromatic N) is 2. The van der Waals surface area contributed by atoms with Crippen molar-refractivity contribution in [1.29, 1.82) is 0 Å². The Balaban J connectivity index is 1.98. The van der Waals surface area contributed by atoms with Gasteiger partial charge < -0.3 is 10.4 Å². The zero-order valence-electron chi connectivity index (χ0n) is 13.1. The lowest BCUT2D eigenvalue weighted by atomic mass is 10.0. The summed E-state index contributed by atoms with van der Waals surface area (Å²) in [4.78, 5) is 20.5. The number of hydrogen-bond acceptors (Lipinski definition) is 4. The van der Waals surface area contributed by atoms with Crippen molar-refractivity contribution in [3.05, 3.63) is 59.2 Å². The average Bonchev–Trinajstić information content (AvgIpc) is 2.47. The van der Waals surface area contributed by atoms with Crippen LogP contribution in [-0.2, 0) is 6.42 Å². The van der Waals surface area contributed by atoms with E-state index in [4.69, 9.17) is 0 Å². The van der Waals surface area contributed by atoms with Crippen molar-refractivity contribution in [2.75, 3.05) is 0 Å². The van der Waals surface area contributed by atoms with Gasteiger partial charge in [0, 0.05) is 12.1 Å². The van der Waals surface area contributed by atoms with E-state index >= 15 is 0 Å². The fraction of sp³-hybridized carbons (Fsp3) is 0.353. The predicted octanol–water partition coefficient (Wildman–Crippen LogP) is 1.82. The van der Waals surface area contributed by atoms with Gasteiger partial charge in [-0.25, -0.2) is 9.97 Å². The number of rotatable bonds is 5. The summed E-state index contributed by atoms with van der Waals surface area (Å²) in [5, 5.41) is 13.0. The number of nitrogens with one attached hydrogen (secondary N) is 1. The van der Waals surface area contributed by atoms with Crippen LogP contribution in [0.4, 0.5) is 0 Å². The molecular weight excluding hydrogens is 278 g/mol. The summed E-state index contributed by atoms with van der Waals surface area (Å²) in [6.07, 6.45) is -0.167. The summed E-state index contributed by atoms with van der Waals surface area (Å²) < 4.78 is 0. The van der Waals surface area contributed by atoms with Crippen molar-refractivity contribution in [1.82, 2.24) is 15.3 Å². The van der Waals surface area contributed by atoms with E-state index < -0.39 is 6.10 Å². The Labute approximate surface area is 130 Å². The molecule has 2 atom stereocenters. The molecule has 0 aliphatic carbocycles. The summed E-state index contributed by atoms with van der Waals surface area (Å²) in [5.41, 5.74) is 2.10. The quantitative estimate of drug-likeness (QED) is 0.883. The van der Waals surface area contributed by atoms with Crippen LogP contribution in [0.15, 0.2) is 36.4 Å². The number of benzene rings is 1. The third kappa shape index (κ3) is 4.36. The normalized spacial score (nSPS) is 13.5.